The van der Waals surface area contributed by atoms with Crippen molar-refractivity contribution in [2.24, 2.45) is 11.3 Å². The summed E-state index contributed by atoms with van der Waals surface area (Å²) in [5, 5.41) is 1.33. The van der Waals surface area contributed by atoms with Gasteiger partial charge < -0.3 is 0 Å². The molecule has 1 saturated carbocycles. The first-order valence-corrected chi connectivity index (χ1v) is 5.86. The third-order valence-electron chi connectivity index (χ3n) is 3.84. The summed E-state index contributed by atoms with van der Waals surface area (Å²) in [7, 11) is 3.18. The predicted molar refractivity (Wildman–Crippen MR) is 66.2 cm³/mol. The molecule has 1 aromatic carbocycles. The maximum Gasteiger partial charge on any atom is 0.250 e. The molecule has 2 atom stereocenters. The first-order valence-electron chi connectivity index (χ1n) is 5.86. The highest BCUT2D eigenvalue weighted by atomic mass is 16.7. The minimum Gasteiger partial charge on any atom is -0.275 e. The van der Waals surface area contributed by atoms with Crippen LogP contribution in [0.5, 0.6) is 0 Å². The average Bonchev–Trinajstić information content (AvgIpc) is 2.91. The number of rotatable bonds is 3. The molecule has 0 bridgehead atoms. The number of nitrogens with zero attached hydrogens (tertiary/aromatic N) is 1. The van der Waals surface area contributed by atoms with Crippen LogP contribution >= 0.6 is 0 Å². The van der Waals surface area contributed by atoms with Crippen molar-refractivity contribution in [3.05, 3.63) is 35.9 Å². The van der Waals surface area contributed by atoms with Gasteiger partial charge in [-0.15, -0.1) is 0 Å². The second-order valence-corrected chi connectivity index (χ2v) is 5.21. The summed E-state index contributed by atoms with van der Waals surface area (Å²) >= 11 is 0. The molecule has 92 valence electrons. The van der Waals surface area contributed by atoms with E-state index in [2.05, 4.69) is 26.0 Å². The lowest BCUT2D eigenvalue weighted by molar-refractivity contribution is -0.171. The van der Waals surface area contributed by atoms with E-state index >= 15 is 0 Å². The van der Waals surface area contributed by atoms with Gasteiger partial charge in [-0.3, -0.25) is 9.63 Å². The lowest BCUT2D eigenvalue weighted by Gasteiger charge is -2.14. The number of hydrogen-bond donors (Lipinski definition) is 0. The second-order valence-electron chi connectivity index (χ2n) is 5.21. The fourth-order valence-corrected chi connectivity index (χ4v) is 2.67. The molecule has 0 N–H and O–H groups in total. The van der Waals surface area contributed by atoms with Crippen LogP contribution in [0.4, 0.5) is 0 Å². The number of benzene rings is 1. The Morgan fingerprint density at radius 2 is 1.88 bits per heavy atom. The summed E-state index contributed by atoms with van der Waals surface area (Å²) in [6.45, 7) is 4.27. The molecule has 1 fully saturated rings. The fraction of sp³-hybridized carbons (Fsp3) is 0.500. The van der Waals surface area contributed by atoms with Crippen molar-refractivity contribution < 1.29 is 9.63 Å². The van der Waals surface area contributed by atoms with Crippen LogP contribution in [0.2, 0.25) is 0 Å². The fourth-order valence-electron chi connectivity index (χ4n) is 2.67. The first-order chi connectivity index (χ1) is 8.00. The number of hydroxylamine groups is 2. The van der Waals surface area contributed by atoms with Crippen molar-refractivity contribution in [3.8, 4) is 0 Å². The van der Waals surface area contributed by atoms with Crippen LogP contribution in [0.25, 0.3) is 0 Å². The Morgan fingerprint density at radius 1 is 1.29 bits per heavy atom. The smallest absolute Gasteiger partial charge is 0.250 e. The van der Waals surface area contributed by atoms with Crippen LogP contribution in [0.3, 0.4) is 0 Å². The summed E-state index contributed by atoms with van der Waals surface area (Å²) in [5.41, 5.74) is 1.26. The van der Waals surface area contributed by atoms with Crippen LogP contribution in [0.1, 0.15) is 25.3 Å². The molecule has 0 unspecified atom stereocenters. The van der Waals surface area contributed by atoms with Crippen molar-refractivity contribution in [2.75, 3.05) is 14.2 Å². The maximum absolute atomic E-state index is 12.1. The molecule has 0 saturated heterocycles. The quantitative estimate of drug-likeness (QED) is 0.750. The number of amides is 1. The highest BCUT2D eigenvalue weighted by Gasteiger charge is 2.62. The van der Waals surface area contributed by atoms with E-state index in [1.807, 2.05) is 18.2 Å². The zero-order chi connectivity index (χ0) is 12.6. The van der Waals surface area contributed by atoms with Gasteiger partial charge in [0.1, 0.15) is 0 Å². The zero-order valence-electron chi connectivity index (χ0n) is 10.8. The topological polar surface area (TPSA) is 29.5 Å². The van der Waals surface area contributed by atoms with E-state index in [0.29, 0.717) is 5.92 Å². The number of hydrogen-bond acceptors (Lipinski definition) is 2. The highest BCUT2D eigenvalue weighted by Crippen LogP contribution is 2.64. The van der Waals surface area contributed by atoms with E-state index in [9.17, 15) is 4.79 Å². The molecule has 0 radical (unpaired) electrons. The van der Waals surface area contributed by atoms with Crippen LogP contribution < -0.4 is 0 Å². The number of carbonyl (C=O) groups excluding carboxylic acids is 1. The molecule has 2 rings (SSSR count). The molecule has 0 aliphatic heterocycles. The van der Waals surface area contributed by atoms with Crippen LogP contribution in [-0.2, 0) is 9.63 Å². The van der Waals surface area contributed by atoms with E-state index < -0.39 is 0 Å². The van der Waals surface area contributed by atoms with Gasteiger partial charge in [-0.1, -0.05) is 44.2 Å². The summed E-state index contributed by atoms with van der Waals surface area (Å²) < 4.78 is 0. The standard InChI is InChI=1S/C14H19NO2/c1-14(2)11(10-8-6-5-7-9-10)12(14)13(16)15(3)17-4/h5-9,11-12H,1-4H3/t11-,12+/m0/s1. The highest BCUT2D eigenvalue weighted by molar-refractivity contribution is 5.83. The van der Waals surface area contributed by atoms with Crippen LogP contribution in [-0.4, -0.2) is 25.1 Å². The van der Waals surface area contributed by atoms with E-state index in [-0.39, 0.29) is 17.2 Å². The van der Waals surface area contributed by atoms with E-state index in [4.69, 9.17) is 4.84 Å². The van der Waals surface area contributed by atoms with Crippen LogP contribution in [0, 0.1) is 11.3 Å². The van der Waals surface area contributed by atoms with Crippen molar-refractivity contribution >= 4 is 5.91 Å². The molecular formula is C14H19NO2. The molecule has 0 heterocycles. The monoisotopic (exact) mass is 233 g/mol. The van der Waals surface area contributed by atoms with Gasteiger partial charge in [0.2, 0.25) is 5.91 Å². The Hall–Kier alpha value is -1.35. The number of carbonyl (C=O) groups is 1. The Balaban J connectivity index is 2.20. The van der Waals surface area contributed by atoms with E-state index in [1.54, 1.807) is 7.05 Å². The Kier molecular flexibility index (Phi) is 2.96. The minimum atomic E-state index is 0.0191. The minimum absolute atomic E-state index is 0.0191. The van der Waals surface area contributed by atoms with E-state index in [0.717, 1.165) is 0 Å². The van der Waals surface area contributed by atoms with Gasteiger partial charge in [0.05, 0.1) is 13.0 Å². The molecule has 3 nitrogen and oxygen atoms in total. The van der Waals surface area contributed by atoms with Gasteiger partial charge in [-0.25, -0.2) is 5.06 Å². The Labute approximate surface area is 102 Å². The largest absolute Gasteiger partial charge is 0.275 e. The van der Waals surface area contributed by atoms with Gasteiger partial charge in [-0.2, -0.15) is 0 Å². The molecule has 0 spiro atoms. The van der Waals surface area contributed by atoms with Gasteiger partial charge in [0.15, 0.2) is 0 Å². The maximum atomic E-state index is 12.1. The van der Waals surface area contributed by atoms with Gasteiger partial charge in [0, 0.05) is 13.0 Å². The van der Waals surface area contributed by atoms with Crippen molar-refractivity contribution in [1.82, 2.24) is 5.06 Å². The average molecular weight is 233 g/mol. The second kappa shape index (κ2) is 4.15. The first kappa shape index (κ1) is 12.1. The third-order valence-corrected chi connectivity index (χ3v) is 3.84. The normalized spacial score (nSPS) is 25.4. The third kappa shape index (κ3) is 1.95. The molecular weight excluding hydrogens is 214 g/mol. The molecule has 1 aromatic rings. The van der Waals surface area contributed by atoms with Crippen molar-refractivity contribution in [3.63, 3.8) is 0 Å². The Bertz CT molecular complexity index is 413. The zero-order valence-corrected chi connectivity index (χ0v) is 10.8. The van der Waals surface area contributed by atoms with Crippen molar-refractivity contribution in [2.45, 2.75) is 19.8 Å². The summed E-state index contributed by atoms with van der Waals surface area (Å²) in [5.74, 6) is 0.384. The SMILES string of the molecule is CON(C)C(=O)[C@H]1[C@H](c2ccccc2)C1(C)C. The van der Waals surface area contributed by atoms with E-state index in [1.165, 1.54) is 17.7 Å². The predicted octanol–water partition coefficient (Wildman–Crippen LogP) is 2.45. The van der Waals surface area contributed by atoms with Crippen molar-refractivity contribution in [1.29, 1.82) is 0 Å². The summed E-state index contributed by atoms with van der Waals surface area (Å²) in [6, 6.07) is 10.2. The lowest BCUT2D eigenvalue weighted by atomic mass is 10.0. The Morgan fingerprint density at radius 3 is 2.41 bits per heavy atom. The summed E-state index contributed by atoms with van der Waals surface area (Å²) in [4.78, 5) is 17.1. The summed E-state index contributed by atoms with van der Waals surface area (Å²) in [6.07, 6.45) is 0. The molecule has 17 heavy (non-hydrogen) atoms. The van der Waals surface area contributed by atoms with Crippen LogP contribution in [0.15, 0.2) is 30.3 Å². The van der Waals surface area contributed by atoms with Gasteiger partial charge >= 0.3 is 0 Å². The molecule has 0 aromatic heterocycles. The molecule has 1 aliphatic rings. The van der Waals surface area contributed by atoms with Gasteiger partial charge in [-0.05, 0) is 11.0 Å². The molecule has 1 aliphatic carbocycles. The molecule has 1 amide bonds. The van der Waals surface area contributed by atoms with Gasteiger partial charge in [0.25, 0.3) is 0 Å². The molecule has 3 heteroatoms. The lowest BCUT2D eigenvalue weighted by Crippen LogP contribution is -2.28.